The molecule has 0 bridgehead atoms. The number of aliphatic hydroxyl groups is 1. The van der Waals surface area contributed by atoms with Crippen molar-refractivity contribution >= 4 is 17.8 Å². The van der Waals surface area contributed by atoms with Gasteiger partial charge in [0, 0.05) is 6.04 Å². The van der Waals surface area contributed by atoms with E-state index in [1.807, 2.05) is 0 Å². The second kappa shape index (κ2) is 18.5. The molecule has 1 unspecified atom stereocenters. The van der Waals surface area contributed by atoms with Crippen LogP contribution in [0.5, 0.6) is 0 Å². The predicted octanol–water partition coefficient (Wildman–Crippen LogP) is 4.51. The summed E-state index contributed by atoms with van der Waals surface area (Å²) in [6.07, 6.45) is 13.0. The number of sulfonamides is 1. The number of nitrogens with one attached hydrogen (secondary N) is 1. The second-order valence-electron chi connectivity index (χ2n) is 7.78. The van der Waals surface area contributed by atoms with Crippen LogP contribution < -0.4 is 4.72 Å². The molecule has 0 aliphatic rings. The van der Waals surface area contributed by atoms with Crippen molar-refractivity contribution in [1.29, 1.82) is 0 Å². The van der Waals surface area contributed by atoms with Crippen LogP contribution in [0.15, 0.2) is 0 Å². The highest BCUT2D eigenvalue weighted by Crippen LogP contribution is 2.43. The molecule has 0 heterocycles. The summed E-state index contributed by atoms with van der Waals surface area (Å²) in [5.41, 5.74) is 0. The molecule has 182 valence electrons. The third-order valence-corrected chi connectivity index (χ3v) is 7.31. The van der Waals surface area contributed by atoms with Crippen LogP contribution in [0.4, 0.5) is 0 Å². The van der Waals surface area contributed by atoms with Gasteiger partial charge in [-0.15, -0.1) is 0 Å². The fourth-order valence-corrected chi connectivity index (χ4v) is 5.26. The zero-order chi connectivity index (χ0) is 22.7. The Hall–Kier alpha value is -0.0200. The number of phosphoric acid groups is 1. The van der Waals surface area contributed by atoms with E-state index in [2.05, 4.69) is 23.1 Å². The summed E-state index contributed by atoms with van der Waals surface area (Å²) in [7, 11) is -7.80. The topological polar surface area (TPSA) is 122 Å². The average molecular weight is 474 g/mol. The Balaban J connectivity index is 4.43. The van der Waals surface area contributed by atoms with Crippen molar-refractivity contribution in [3.05, 3.63) is 0 Å². The van der Waals surface area contributed by atoms with Gasteiger partial charge in [-0.2, -0.15) is 0 Å². The van der Waals surface area contributed by atoms with Gasteiger partial charge in [-0.25, -0.2) is 17.7 Å². The van der Waals surface area contributed by atoms with Gasteiger partial charge in [-0.1, -0.05) is 84.5 Å². The van der Waals surface area contributed by atoms with E-state index < -0.39 is 30.5 Å². The maximum Gasteiger partial charge on any atom is 0.472 e. The summed E-state index contributed by atoms with van der Waals surface area (Å²) in [6, 6.07) is -0.584. The van der Waals surface area contributed by atoms with Crippen molar-refractivity contribution in [1.82, 2.24) is 4.72 Å². The molecule has 0 aromatic carbocycles. The molecule has 3 N–H and O–H groups in total. The third-order valence-electron chi connectivity index (χ3n) is 4.80. The molecular formula is C20H44NO7PS. The lowest BCUT2D eigenvalue weighted by molar-refractivity contribution is 0.116. The van der Waals surface area contributed by atoms with Crippen LogP contribution in [0.1, 0.15) is 97.3 Å². The van der Waals surface area contributed by atoms with Gasteiger partial charge in [0.1, 0.15) is 0 Å². The molecular weight excluding hydrogens is 429 g/mol. The Morgan fingerprint density at radius 2 is 1.40 bits per heavy atom. The molecule has 8 nitrogen and oxygen atoms in total. The lowest BCUT2D eigenvalue weighted by Crippen LogP contribution is -2.39. The molecule has 0 saturated carbocycles. The quantitative estimate of drug-likeness (QED) is 0.156. The molecule has 0 aliphatic carbocycles. The minimum atomic E-state index is -4.31. The van der Waals surface area contributed by atoms with Crippen LogP contribution in [-0.2, 0) is 23.6 Å². The smallest absolute Gasteiger partial charge is 0.394 e. The highest BCUT2D eigenvalue weighted by atomic mass is 32.2. The summed E-state index contributed by atoms with van der Waals surface area (Å²) in [5.74, 6) is 0.0468. The molecule has 2 atom stereocenters. The first kappa shape index (κ1) is 30.0. The Kier molecular flexibility index (Phi) is 18.5. The summed E-state index contributed by atoms with van der Waals surface area (Å²) < 4.78 is 48.8. The van der Waals surface area contributed by atoms with Gasteiger partial charge in [0.15, 0.2) is 0 Å². The van der Waals surface area contributed by atoms with Gasteiger partial charge < -0.3 is 10.00 Å². The first-order chi connectivity index (χ1) is 14.3. The Bertz CT molecular complexity index is 545. The normalized spacial score (nSPS) is 15.2. The Morgan fingerprint density at radius 3 is 1.97 bits per heavy atom. The van der Waals surface area contributed by atoms with Crippen LogP contribution in [0.3, 0.4) is 0 Å². The number of unbranched alkanes of at least 4 members (excludes halogenated alkanes) is 10. The molecule has 0 fully saturated rings. The number of hydrogen-bond donors (Lipinski definition) is 3. The molecule has 30 heavy (non-hydrogen) atoms. The first-order valence-electron chi connectivity index (χ1n) is 11.5. The average Bonchev–Trinajstić information content (AvgIpc) is 2.69. The largest absolute Gasteiger partial charge is 0.472 e. The molecule has 0 rings (SSSR count). The number of phosphoric ester groups is 1. The van der Waals surface area contributed by atoms with Crippen LogP contribution in [0.25, 0.3) is 0 Å². The standard InChI is InChI=1S/C20H44NO7PS/c1-3-5-7-9-10-11-12-14-18-30(25,26)21-20(15-13-8-6-4-2)19-28-29(23,24)27-17-16-22/h20-22H,3-19H2,1-2H3,(H,23,24)/t20-/m1/s1. The first-order valence-corrected chi connectivity index (χ1v) is 14.6. The molecule has 0 aromatic heterocycles. The van der Waals surface area contributed by atoms with Gasteiger partial charge in [0.2, 0.25) is 10.0 Å². The van der Waals surface area contributed by atoms with Crippen molar-refractivity contribution < 1.29 is 32.0 Å². The van der Waals surface area contributed by atoms with Crippen LogP contribution in [0.2, 0.25) is 0 Å². The number of rotatable bonds is 22. The van der Waals surface area contributed by atoms with Crippen LogP contribution >= 0.6 is 7.82 Å². The Morgan fingerprint density at radius 1 is 0.867 bits per heavy atom. The minimum Gasteiger partial charge on any atom is -0.394 e. The van der Waals surface area contributed by atoms with E-state index in [4.69, 9.17) is 9.63 Å². The van der Waals surface area contributed by atoms with E-state index >= 15 is 0 Å². The fraction of sp³-hybridized carbons (Fsp3) is 1.00. The minimum absolute atomic E-state index is 0.0468. The Labute approximate surface area is 183 Å². The zero-order valence-corrected chi connectivity index (χ0v) is 20.6. The fourth-order valence-electron chi connectivity index (χ4n) is 3.11. The molecule has 0 aromatic rings. The van der Waals surface area contributed by atoms with E-state index in [1.54, 1.807) is 0 Å². The summed E-state index contributed by atoms with van der Waals surface area (Å²) in [6.45, 7) is 3.30. The summed E-state index contributed by atoms with van der Waals surface area (Å²) in [5, 5.41) is 8.70. The predicted molar refractivity (Wildman–Crippen MR) is 121 cm³/mol. The maximum atomic E-state index is 12.4. The van der Waals surface area contributed by atoms with E-state index in [0.29, 0.717) is 12.8 Å². The second-order valence-corrected chi connectivity index (χ2v) is 11.1. The molecule has 0 spiro atoms. The monoisotopic (exact) mass is 473 g/mol. The highest BCUT2D eigenvalue weighted by molar-refractivity contribution is 7.89. The van der Waals surface area contributed by atoms with E-state index in [0.717, 1.165) is 44.9 Å². The molecule has 0 amide bonds. The van der Waals surface area contributed by atoms with Gasteiger partial charge in [0.05, 0.1) is 25.6 Å². The highest BCUT2D eigenvalue weighted by Gasteiger charge is 2.25. The van der Waals surface area contributed by atoms with E-state index in [-0.39, 0.29) is 19.0 Å². The molecule has 0 saturated heterocycles. The van der Waals surface area contributed by atoms with Crippen molar-refractivity contribution in [2.45, 2.75) is 103 Å². The number of hydrogen-bond acceptors (Lipinski definition) is 6. The van der Waals surface area contributed by atoms with Gasteiger partial charge in [-0.3, -0.25) is 9.05 Å². The van der Waals surface area contributed by atoms with E-state index in [9.17, 15) is 17.9 Å². The maximum absolute atomic E-state index is 12.4. The summed E-state index contributed by atoms with van der Waals surface area (Å²) in [4.78, 5) is 9.60. The lowest BCUT2D eigenvalue weighted by atomic mass is 10.1. The van der Waals surface area contributed by atoms with Crippen LogP contribution in [-0.4, -0.2) is 50.0 Å². The zero-order valence-electron chi connectivity index (χ0n) is 18.9. The molecule has 0 radical (unpaired) electrons. The number of aliphatic hydroxyl groups excluding tert-OH is 1. The van der Waals surface area contributed by atoms with Gasteiger partial charge in [-0.05, 0) is 12.8 Å². The van der Waals surface area contributed by atoms with Crippen molar-refractivity contribution in [3.63, 3.8) is 0 Å². The molecule has 0 aliphatic heterocycles. The van der Waals surface area contributed by atoms with Crippen molar-refractivity contribution in [2.75, 3.05) is 25.6 Å². The van der Waals surface area contributed by atoms with Crippen molar-refractivity contribution in [2.24, 2.45) is 0 Å². The van der Waals surface area contributed by atoms with Crippen LogP contribution in [0, 0.1) is 0 Å². The third kappa shape index (κ3) is 18.7. The SMILES string of the molecule is CCCCCCCCCCS(=O)(=O)N[C@H](CCCCCC)COP(=O)(O)OCCO. The lowest BCUT2D eigenvalue weighted by Gasteiger charge is -2.20. The van der Waals surface area contributed by atoms with E-state index in [1.165, 1.54) is 25.7 Å². The van der Waals surface area contributed by atoms with Gasteiger partial charge in [0.25, 0.3) is 0 Å². The van der Waals surface area contributed by atoms with Gasteiger partial charge >= 0.3 is 7.82 Å². The van der Waals surface area contributed by atoms with Crippen molar-refractivity contribution in [3.8, 4) is 0 Å². The summed E-state index contributed by atoms with van der Waals surface area (Å²) >= 11 is 0. The molecule has 10 heteroatoms.